The number of benzene rings is 1. The van der Waals surface area contributed by atoms with E-state index in [1.54, 1.807) is 11.3 Å². The van der Waals surface area contributed by atoms with Crippen LogP contribution in [0.1, 0.15) is 40.8 Å². The first-order valence-corrected chi connectivity index (χ1v) is 10.3. The summed E-state index contributed by atoms with van der Waals surface area (Å²) >= 11 is 1.67. The molecule has 2 N–H and O–H groups in total. The molecule has 0 atom stereocenters. The van der Waals surface area contributed by atoms with Crippen LogP contribution in [0.5, 0.6) is 0 Å². The molecule has 0 radical (unpaired) electrons. The van der Waals surface area contributed by atoms with Crippen LogP contribution >= 0.6 is 11.3 Å². The monoisotopic (exact) mass is 385 g/mol. The number of rotatable bonds is 7. The van der Waals surface area contributed by atoms with Crippen LogP contribution in [0.4, 0.5) is 0 Å². The van der Waals surface area contributed by atoms with Crippen molar-refractivity contribution in [1.82, 2.24) is 20.5 Å². The highest BCUT2D eigenvalue weighted by Gasteiger charge is 2.22. The van der Waals surface area contributed by atoms with Crippen LogP contribution < -0.4 is 10.6 Å². The Hall–Kier alpha value is -2.41. The SMILES string of the molecule is CCNC(=NCc1ncc(C)s1)NCCCC(=O)N1Cc2ccccc2C1. The first-order chi connectivity index (χ1) is 13.2. The summed E-state index contributed by atoms with van der Waals surface area (Å²) in [5, 5.41) is 7.55. The van der Waals surface area contributed by atoms with Gasteiger partial charge in [-0.2, -0.15) is 0 Å². The number of nitrogens with zero attached hydrogens (tertiary/aromatic N) is 3. The largest absolute Gasteiger partial charge is 0.357 e. The quantitative estimate of drug-likeness (QED) is 0.437. The Balaban J connectivity index is 1.40. The second kappa shape index (κ2) is 9.50. The van der Waals surface area contributed by atoms with E-state index in [0.717, 1.165) is 43.6 Å². The number of carbonyl (C=O) groups is 1. The summed E-state index contributed by atoms with van der Waals surface area (Å²) in [7, 11) is 0. The molecule has 144 valence electrons. The topological polar surface area (TPSA) is 69.6 Å². The Labute approximate surface area is 164 Å². The molecule has 0 saturated heterocycles. The summed E-state index contributed by atoms with van der Waals surface area (Å²) in [6, 6.07) is 8.28. The number of nitrogens with one attached hydrogen (secondary N) is 2. The average molecular weight is 386 g/mol. The lowest BCUT2D eigenvalue weighted by molar-refractivity contribution is -0.131. The van der Waals surface area contributed by atoms with Gasteiger partial charge >= 0.3 is 0 Å². The molecule has 0 bridgehead atoms. The Morgan fingerprint density at radius 1 is 1.26 bits per heavy atom. The molecule has 0 spiro atoms. The summed E-state index contributed by atoms with van der Waals surface area (Å²) in [5.74, 6) is 0.986. The van der Waals surface area contributed by atoms with Gasteiger partial charge in [-0.1, -0.05) is 24.3 Å². The van der Waals surface area contributed by atoms with Gasteiger partial charge in [-0.05, 0) is 31.4 Å². The van der Waals surface area contributed by atoms with Crippen molar-refractivity contribution in [3.05, 3.63) is 51.5 Å². The molecule has 0 saturated carbocycles. The molecule has 0 fully saturated rings. The van der Waals surface area contributed by atoms with E-state index in [4.69, 9.17) is 0 Å². The lowest BCUT2D eigenvalue weighted by atomic mass is 10.1. The van der Waals surface area contributed by atoms with E-state index < -0.39 is 0 Å². The Morgan fingerprint density at radius 3 is 2.63 bits per heavy atom. The van der Waals surface area contributed by atoms with E-state index in [-0.39, 0.29) is 5.91 Å². The maximum atomic E-state index is 12.4. The normalized spacial score (nSPS) is 13.6. The van der Waals surface area contributed by atoms with E-state index in [1.165, 1.54) is 16.0 Å². The zero-order chi connectivity index (χ0) is 19.1. The lowest BCUT2D eigenvalue weighted by Gasteiger charge is -2.16. The van der Waals surface area contributed by atoms with Crippen molar-refractivity contribution in [3.8, 4) is 0 Å². The third-order valence-electron chi connectivity index (χ3n) is 4.44. The van der Waals surface area contributed by atoms with Gasteiger partial charge in [0.1, 0.15) is 5.01 Å². The fourth-order valence-corrected chi connectivity index (χ4v) is 3.79. The van der Waals surface area contributed by atoms with Gasteiger partial charge < -0.3 is 15.5 Å². The maximum absolute atomic E-state index is 12.4. The standard InChI is InChI=1S/C20H27N5OS/c1-3-21-20(24-12-18-23-11-15(2)27-18)22-10-6-9-19(26)25-13-16-7-4-5-8-17(16)14-25/h4-5,7-8,11H,3,6,9-10,12-14H2,1-2H3,(H2,21,22,24). The summed E-state index contributed by atoms with van der Waals surface area (Å²) in [4.78, 5) is 24.5. The second-order valence-corrected chi connectivity index (χ2v) is 7.93. The van der Waals surface area contributed by atoms with Crippen molar-refractivity contribution >= 4 is 23.2 Å². The molecule has 2 aromatic rings. The van der Waals surface area contributed by atoms with Crippen LogP contribution in [0.3, 0.4) is 0 Å². The molecule has 1 aromatic heterocycles. The number of hydrogen-bond donors (Lipinski definition) is 2. The molecule has 1 aromatic carbocycles. The second-order valence-electron chi connectivity index (χ2n) is 6.61. The Morgan fingerprint density at radius 2 is 2.00 bits per heavy atom. The molecule has 2 heterocycles. The first kappa shape index (κ1) is 19.4. The number of hydrogen-bond acceptors (Lipinski definition) is 4. The third-order valence-corrected chi connectivity index (χ3v) is 5.34. The number of amides is 1. The van der Waals surface area contributed by atoms with Crippen LogP contribution in [0, 0.1) is 6.92 Å². The molecule has 0 unspecified atom stereocenters. The predicted molar refractivity (Wildman–Crippen MR) is 110 cm³/mol. The fourth-order valence-electron chi connectivity index (χ4n) is 3.08. The maximum Gasteiger partial charge on any atom is 0.223 e. The molecule has 27 heavy (non-hydrogen) atoms. The molecule has 0 aliphatic carbocycles. The first-order valence-electron chi connectivity index (χ1n) is 9.43. The molecule has 7 heteroatoms. The number of fused-ring (bicyclic) bond motifs is 1. The number of carbonyl (C=O) groups excluding carboxylic acids is 1. The fraction of sp³-hybridized carbons (Fsp3) is 0.450. The van der Waals surface area contributed by atoms with Crippen molar-refractivity contribution in [1.29, 1.82) is 0 Å². The lowest BCUT2D eigenvalue weighted by Crippen LogP contribution is -2.38. The number of aliphatic imine (C=N–C) groups is 1. The summed E-state index contributed by atoms with van der Waals surface area (Å²) in [5.41, 5.74) is 2.53. The van der Waals surface area contributed by atoms with Crippen LogP contribution in [-0.2, 0) is 24.4 Å². The summed E-state index contributed by atoms with van der Waals surface area (Å²) in [6.45, 7) is 7.64. The van der Waals surface area contributed by atoms with Gasteiger partial charge in [0.05, 0.1) is 6.54 Å². The highest BCUT2D eigenvalue weighted by Crippen LogP contribution is 2.22. The van der Waals surface area contributed by atoms with E-state index in [0.29, 0.717) is 13.0 Å². The van der Waals surface area contributed by atoms with Crippen molar-refractivity contribution in [2.75, 3.05) is 13.1 Å². The van der Waals surface area contributed by atoms with E-state index in [1.807, 2.05) is 37.1 Å². The van der Waals surface area contributed by atoms with Crippen LogP contribution in [0.2, 0.25) is 0 Å². The zero-order valence-corrected chi connectivity index (χ0v) is 16.8. The minimum absolute atomic E-state index is 0.216. The van der Waals surface area contributed by atoms with Gasteiger partial charge in [0, 0.05) is 43.7 Å². The summed E-state index contributed by atoms with van der Waals surface area (Å²) < 4.78 is 0. The average Bonchev–Trinajstić information content (AvgIpc) is 3.28. The highest BCUT2D eigenvalue weighted by atomic mass is 32.1. The van der Waals surface area contributed by atoms with E-state index in [9.17, 15) is 4.79 Å². The van der Waals surface area contributed by atoms with Crippen molar-refractivity contribution in [2.45, 2.75) is 46.3 Å². The Kier molecular flexibility index (Phi) is 6.81. The van der Waals surface area contributed by atoms with Gasteiger partial charge in [-0.3, -0.25) is 4.79 Å². The van der Waals surface area contributed by atoms with Gasteiger partial charge in [-0.25, -0.2) is 9.98 Å². The van der Waals surface area contributed by atoms with Crippen molar-refractivity contribution in [3.63, 3.8) is 0 Å². The molecule has 6 nitrogen and oxygen atoms in total. The van der Waals surface area contributed by atoms with Gasteiger partial charge in [0.25, 0.3) is 0 Å². The number of guanidine groups is 1. The highest BCUT2D eigenvalue weighted by molar-refractivity contribution is 7.11. The summed E-state index contributed by atoms with van der Waals surface area (Å²) in [6.07, 6.45) is 3.21. The minimum atomic E-state index is 0.216. The van der Waals surface area contributed by atoms with Crippen LogP contribution in [-0.4, -0.2) is 34.8 Å². The predicted octanol–water partition coefficient (Wildman–Crippen LogP) is 2.83. The molecule has 1 aliphatic rings. The van der Waals surface area contributed by atoms with Crippen molar-refractivity contribution in [2.24, 2.45) is 4.99 Å². The smallest absolute Gasteiger partial charge is 0.223 e. The molecule has 1 amide bonds. The van der Waals surface area contributed by atoms with E-state index >= 15 is 0 Å². The molecular formula is C20H27N5OS. The third kappa shape index (κ3) is 5.53. The van der Waals surface area contributed by atoms with Gasteiger partial charge in [0.15, 0.2) is 5.96 Å². The number of thiazole rings is 1. The van der Waals surface area contributed by atoms with Gasteiger partial charge in [-0.15, -0.1) is 11.3 Å². The van der Waals surface area contributed by atoms with Crippen molar-refractivity contribution < 1.29 is 4.79 Å². The Bertz CT molecular complexity index is 776. The van der Waals surface area contributed by atoms with Crippen LogP contribution in [0.25, 0.3) is 0 Å². The number of aromatic nitrogens is 1. The van der Waals surface area contributed by atoms with Gasteiger partial charge in [0.2, 0.25) is 5.91 Å². The molecular weight excluding hydrogens is 358 g/mol. The number of aryl methyl sites for hydroxylation is 1. The zero-order valence-electron chi connectivity index (χ0n) is 16.0. The molecule has 3 rings (SSSR count). The minimum Gasteiger partial charge on any atom is -0.357 e. The molecule has 1 aliphatic heterocycles. The van der Waals surface area contributed by atoms with Crippen LogP contribution in [0.15, 0.2) is 35.5 Å². The van der Waals surface area contributed by atoms with E-state index in [2.05, 4.69) is 32.7 Å².